The van der Waals surface area contributed by atoms with Crippen LogP contribution in [0, 0.1) is 25.2 Å². The van der Waals surface area contributed by atoms with Crippen molar-refractivity contribution in [1.82, 2.24) is 14.5 Å². The summed E-state index contributed by atoms with van der Waals surface area (Å²) in [6.07, 6.45) is 3.31. The van der Waals surface area contributed by atoms with E-state index in [4.69, 9.17) is 10.1 Å². The van der Waals surface area contributed by atoms with Crippen LogP contribution in [0.2, 0.25) is 0 Å². The molecular formula is C26H30N4O3. The molecule has 1 fully saturated rings. The summed E-state index contributed by atoms with van der Waals surface area (Å²) in [6, 6.07) is 11.5. The van der Waals surface area contributed by atoms with E-state index in [0.29, 0.717) is 18.5 Å². The van der Waals surface area contributed by atoms with Crippen molar-refractivity contribution in [1.29, 1.82) is 5.26 Å². The van der Waals surface area contributed by atoms with E-state index in [9.17, 15) is 15.2 Å². The Morgan fingerprint density at radius 2 is 1.88 bits per heavy atom. The van der Waals surface area contributed by atoms with E-state index >= 15 is 0 Å². The molecule has 2 aromatic heterocycles. The quantitative estimate of drug-likeness (QED) is 0.568. The van der Waals surface area contributed by atoms with Crippen molar-refractivity contribution in [2.24, 2.45) is 0 Å². The Hall–Kier alpha value is -3.21. The number of β-amino-alcohol motifs (C(OH)–C–C–N with tert-alkyl or cyclic N) is 1. The molecule has 7 nitrogen and oxygen atoms in total. The lowest BCUT2D eigenvalue weighted by molar-refractivity contribution is -0.136. The highest BCUT2D eigenvalue weighted by molar-refractivity contribution is 5.85. The molecule has 2 N–H and O–H groups in total. The van der Waals surface area contributed by atoms with Crippen LogP contribution in [0.1, 0.15) is 59.9 Å². The summed E-state index contributed by atoms with van der Waals surface area (Å²) in [6.45, 7) is 6.44. The molecule has 4 rings (SSSR count). The zero-order chi connectivity index (χ0) is 23.5. The van der Waals surface area contributed by atoms with Gasteiger partial charge in [-0.05, 0) is 82.1 Å². The number of carbonyl (C=O) groups is 1. The van der Waals surface area contributed by atoms with Gasteiger partial charge in [0.15, 0.2) is 0 Å². The molecule has 1 aromatic carbocycles. The largest absolute Gasteiger partial charge is 0.481 e. The molecule has 1 aliphatic heterocycles. The number of hydrogen-bond acceptors (Lipinski definition) is 5. The van der Waals surface area contributed by atoms with E-state index in [1.807, 2.05) is 32.0 Å². The Morgan fingerprint density at radius 3 is 2.52 bits per heavy atom. The van der Waals surface area contributed by atoms with Gasteiger partial charge in [-0.1, -0.05) is 6.42 Å². The number of likely N-dealkylation sites (tertiary alicyclic amines) is 1. The average molecular weight is 447 g/mol. The number of rotatable bonds is 7. The van der Waals surface area contributed by atoms with Crippen LogP contribution in [0.5, 0.6) is 0 Å². The SMILES string of the molecule is Cc1nc2c(C(O)CN3CCCCC3)c(C)n(-c3ccc(C#N)cc3)c2cc1CCC(=O)O. The molecule has 1 saturated heterocycles. The second kappa shape index (κ2) is 9.74. The minimum absolute atomic E-state index is 0.0367. The first-order valence-electron chi connectivity index (χ1n) is 11.5. The summed E-state index contributed by atoms with van der Waals surface area (Å²) in [7, 11) is 0. The summed E-state index contributed by atoms with van der Waals surface area (Å²) in [5, 5.41) is 29.6. The van der Waals surface area contributed by atoms with Crippen LogP contribution in [0.3, 0.4) is 0 Å². The first-order valence-corrected chi connectivity index (χ1v) is 11.5. The number of nitriles is 1. The number of carboxylic acids is 1. The van der Waals surface area contributed by atoms with Crippen LogP contribution < -0.4 is 0 Å². The molecule has 1 aliphatic rings. The third-order valence-corrected chi connectivity index (χ3v) is 6.59. The lowest BCUT2D eigenvalue weighted by atomic mass is 10.0. The number of aromatic nitrogens is 2. The molecule has 7 heteroatoms. The lowest BCUT2D eigenvalue weighted by Crippen LogP contribution is -2.33. The molecule has 33 heavy (non-hydrogen) atoms. The van der Waals surface area contributed by atoms with Gasteiger partial charge in [-0.2, -0.15) is 5.26 Å². The number of pyridine rings is 1. The summed E-state index contributed by atoms with van der Waals surface area (Å²) in [4.78, 5) is 18.3. The number of aliphatic hydroxyl groups is 1. The maximum absolute atomic E-state index is 11.3. The van der Waals surface area contributed by atoms with Gasteiger partial charge in [0, 0.05) is 35.6 Å². The molecule has 1 atom stereocenters. The summed E-state index contributed by atoms with van der Waals surface area (Å²) >= 11 is 0. The van der Waals surface area contributed by atoms with E-state index in [1.165, 1.54) is 6.42 Å². The predicted octanol–water partition coefficient (Wildman–Crippen LogP) is 4.05. The fourth-order valence-corrected chi connectivity index (χ4v) is 4.86. The highest BCUT2D eigenvalue weighted by Crippen LogP contribution is 2.34. The topological polar surface area (TPSA) is 102 Å². The summed E-state index contributed by atoms with van der Waals surface area (Å²) in [5.41, 5.74) is 6.43. The minimum atomic E-state index is -0.842. The number of benzene rings is 1. The molecule has 3 aromatic rings. The number of aliphatic carboxylic acids is 1. The van der Waals surface area contributed by atoms with Gasteiger partial charge >= 0.3 is 5.97 Å². The molecule has 0 bridgehead atoms. The number of aryl methyl sites for hydroxylation is 2. The molecule has 0 aliphatic carbocycles. The molecule has 172 valence electrons. The number of hydrogen-bond donors (Lipinski definition) is 2. The van der Waals surface area contributed by atoms with E-state index < -0.39 is 12.1 Å². The Bertz CT molecular complexity index is 1200. The summed E-state index contributed by atoms with van der Waals surface area (Å²) < 4.78 is 2.06. The molecule has 0 saturated carbocycles. The first-order chi connectivity index (χ1) is 15.9. The van der Waals surface area contributed by atoms with Gasteiger partial charge in [-0.25, -0.2) is 0 Å². The minimum Gasteiger partial charge on any atom is -0.481 e. The zero-order valence-corrected chi connectivity index (χ0v) is 19.2. The molecule has 0 radical (unpaired) electrons. The van der Waals surface area contributed by atoms with E-state index in [-0.39, 0.29) is 6.42 Å². The number of fused-ring (bicyclic) bond motifs is 1. The van der Waals surface area contributed by atoms with Gasteiger partial charge in [-0.15, -0.1) is 0 Å². The third kappa shape index (κ3) is 4.77. The standard InChI is InChI=1S/C26H30N4O3/c1-17-20(8-11-24(32)33)14-22-26(28-17)25(23(31)16-29-12-4-3-5-13-29)18(2)30(22)21-9-6-19(15-27)7-10-21/h6-7,9-10,14,23,31H,3-5,8,11-13,16H2,1-2H3,(H,32,33). The van der Waals surface area contributed by atoms with Crippen molar-refractivity contribution in [2.45, 2.75) is 52.1 Å². The number of aliphatic hydroxyl groups excluding tert-OH is 1. The average Bonchev–Trinajstić information content (AvgIpc) is 3.08. The van der Waals surface area contributed by atoms with Crippen LogP contribution in [-0.2, 0) is 11.2 Å². The number of piperidine rings is 1. The number of carboxylic acid groups (broad SMARTS) is 1. The monoisotopic (exact) mass is 446 g/mol. The Balaban J connectivity index is 1.84. The van der Waals surface area contributed by atoms with Crippen molar-refractivity contribution < 1.29 is 15.0 Å². The fraction of sp³-hybridized carbons (Fsp3) is 0.423. The van der Waals surface area contributed by atoms with Crippen LogP contribution in [0.15, 0.2) is 30.3 Å². The van der Waals surface area contributed by atoms with Crippen molar-refractivity contribution in [3.63, 3.8) is 0 Å². The highest BCUT2D eigenvalue weighted by Gasteiger charge is 2.25. The van der Waals surface area contributed by atoms with E-state index in [0.717, 1.165) is 65.2 Å². The highest BCUT2D eigenvalue weighted by atomic mass is 16.4. The smallest absolute Gasteiger partial charge is 0.303 e. The fourth-order valence-electron chi connectivity index (χ4n) is 4.86. The van der Waals surface area contributed by atoms with Crippen molar-refractivity contribution >= 4 is 17.0 Å². The van der Waals surface area contributed by atoms with Crippen molar-refractivity contribution in [2.75, 3.05) is 19.6 Å². The third-order valence-electron chi connectivity index (χ3n) is 6.59. The molecule has 3 heterocycles. The van der Waals surface area contributed by atoms with E-state index in [1.54, 1.807) is 12.1 Å². The van der Waals surface area contributed by atoms with Gasteiger partial charge in [0.1, 0.15) is 0 Å². The van der Waals surface area contributed by atoms with Gasteiger partial charge in [-0.3, -0.25) is 9.78 Å². The second-order valence-corrected chi connectivity index (χ2v) is 8.86. The number of nitrogens with zero attached hydrogens (tertiary/aromatic N) is 4. The first kappa shape index (κ1) is 23.0. The van der Waals surface area contributed by atoms with Crippen molar-refractivity contribution in [3.05, 3.63) is 58.4 Å². The van der Waals surface area contributed by atoms with Crippen molar-refractivity contribution in [3.8, 4) is 11.8 Å². The Kier molecular flexibility index (Phi) is 6.77. The Morgan fingerprint density at radius 1 is 1.18 bits per heavy atom. The lowest BCUT2D eigenvalue weighted by Gasteiger charge is -2.28. The maximum Gasteiger partial charge on any atom is 0.303 e. The predicted molar refractivity (Wildman–Crippen MR) is 126 cm³/mol. The molecule has 1 unspecified atom stereocenters. The normalized spacial score (nSPS) is 15.5. The van der Waals surface area contributed by atoms with Crippen LogP contribution in [-0.4, -0.2) is 50.3 Å². The maximum atomic E-state index is 11.3. The summed E-state index contributed by atoms with van der Waals surface area (Å²) in [5.74, 6) is -0.842. The van der Waals surface area contributed by atoms with Gasteiger partial charge in [0.05, 0.1) is 28.8 Å². The van der Waals surface area contributed by atoms with Gasteiger partial charge in [0.25, 0.3) is 0 Å². The molecular weight excluding hydrogens is 416 g/mol. The van der Waals surface area contributed by atoms with Crippen LogP contribution in [0.4, 0.5) is 0 Å². The molecule has 0 spiro atoms. The van der Waals surface area contributed by atoms with E-state index in [2.05, 4.69) is 15.5 Å². The van der Waals surface area contributed by atoms with Crippen LogP contribution >= 0.6 is 0 Å². The second-order valence-electron chi connectivity index (χ2n) is 8.86. The molecule has 0 amide bonds. The van der Waals surface area contributed by atoms with Gasteiger partial charge in [0.2, 0.25) is 0 Å². The van der Waals surface area contributed by atoms with Crippen LogP contribution in [0.25, 0.3) is 16.7 Å². The zero-order valence-electron chi connectivity index (χ0n) is 19.2. The van der Waals surface area contributed by atoms with Gasteiger partial charge < -0.3 is 19.7 Å². The Labute approximate surface area is 193 Å².